The van der Waals surface area contributed by atoms with Crippen molar-refractivity contribution < 1.29 is 54.7 Å². The van der Waals surface area contributed by atoms with Crippen LogP contribution in [-0.4, -0.2) is 115 Å². The van der Waals surface area contributed by atoms with Gasteiger partial charge < -0.3 is 59.7 Å². The second-order valence-corrected chi connectivity index (χ2v) is 9.29. The summed E-state index contributed by atoms with van der Waals surface area (Å²) in [7, 11) is 0. The fourth-order valence-electron chi connectivity index (χ4n) is 4.00. The molecular weight excluding hydrogens is 546 g/mol. The molecule has 3 heterocycles. The Hall–Kier alpha value is -1.07. The van der Waals surface area contributed by atoms with Crippen LogP contribution < -0.4 is 4.74 Å². The third-order valence-corrected chi connectivity index (χ3v) is 7.19. The summed E-state index contributed by atoms with van der Waals surface area (Å²) >= 11 is 9.68. The molecule has 1 aromatic carbocycles. The SMILES string of the molecule is OC[C@@H]1O[C@@H](O[C@H]2[C@@H](O)[C@@H](O)[C@H](Oc3c[nH]c4ccc(Br)c(Cl)c34)O[C@H]2CO)[C@H](O)[C@H](O)[C@@H]1O. The van der Waals surface area contributed by atoms with Crippen molar-refractivity contribution in [3.8, 4) is 5.75 Å². The van der Waals surface area contributed by atoms with Gasteiger partial charge in [0, 0.05) is 10.7 Å². The number of hydrogen-bond acceptors (Lipinski definition) is 11. The molecule has 0 bridgehead atoms. The van der Waals surface area contributed by atoms with E-state index in [4.69, 9.17) is 30.5 Å². The monoisotopic (exact) mass is 569 g/mol. The average Bonchev–Trinajstić information content (AvgIpc) is 3.24. The van der Waals surface area contributed by atoms with Gasteiger partial charge in [0.25, 0.3) is 0 Å². The minimum Gasteiger partial charge on any atom is -0.460 e. The highest BCUT2D eigenvalue weighted by atomic mass is 79.9. The van der Waals surface area contributed by atoms with E-state index < -0.39 is 74.6 Å². The van der Waals surface area contributed by atoms with E-state index in [1.807, 2.05) is 0 Å². The van der Waals surface area contributed by atoms with Crippen LogP contribution in [0, 0.1) is 0 Å². The minimum atomic E-state index is -1.75. The molecule has 34 heavy (non-hydrogen) atoms. The van der Waals surface area contributed by atoms with Crippen LogP contribution in [0.1, 0.15) is 0 Å². The van der Waals surface area contributed by atoms with Gasteiger partial charge in [-0.3, -0.25) is 0 Å². The van der Waals surface area contributed by atoms with Gasteiger partial charge >= 0.3 is 0 Å². The summed E-state index contributed by atoms with van der Waals surface area (Å²) in [6.45, 7) is -1.36. The van der Waals surface area contributed by atoms with Gasteiger partial charge in [-0.2, -0.15) is 0 Å². The van der Waals surface area contributed by atoms with Crippen LogP contribution in [0.15, 0.2) is 22.8 Å². The van der Waals surface area contributed by atoms with E-state index in [2.05, 4.69) is 20.9 Å². The van der Waals surface area contributed by atoms with Gasteiger partial charge in [-0.05, 0) is 28.1 Å². The Morgan fingerprint density at radius 2 is 1.53 bits per heavy atom. The molecule has 0 spiro atoms. The van der Waals surface area contributed by atoms with Crippen molar-refractivity contribution in [2.75, 3.05) is 13.2 Å². The molecular formula is C20H25BrClNO11. The Morgan fingerprint density at radius 3 is 2.21 bits per heavy atom. The number of halogens is 2. The maximum Gasteiger partial charge on any atom is 0.229 e. The lowest BCUT2D eigenvalue weighted by atomic mass is 9.97. The fraction of sp³-hybridized carbons (Fsp3) is 0.600. The molecule has 2 aliphatic heterocycles. The number of fused-ring (bicyclic) bond motifs is 1. The number of rotatable bonds is 6. The third kappa shape index (κ3) is 4.68. The van der Waals surface area contributed by atoms with E-state index in [0.29, 0.717) is 20.4 Å². The number of aromatic nitrogens is 1. The molecule has 2 saturated heterocycles. The normalized spacial score (nSPS) is 38.9. The molecule has 2 aromatic rings. The number of hydrogen-bond donors (Lipinski definition) is 8. The second-order valence-electron chi connectivity index (χ2n) is 8.06. The molecule has 12 nitrogen and oxygen atoms in total. The van der Waals surface area contributed by atoms with Gasteiger partial charge in [0.2, 0.25) is 6.29 Å². The standard InChI is InChI=1S/C20H25BrClNO11/c21-6-1-2-7-11(12(6)22)8(3-23-7)31-19-17(30)15(28)18(10(5-25)33-19)34-20-16(29)14(27)13(26)9(4-24)32-20/h1-3,9-10,13-20,23-30H,4-5H2/t9-,10-,13+,14+,15-,16+,17+,18+,19+,20-/m0/s1. The van der Waals surface area contributed by atoms with E-state index in [1.165, 1.54) is 6.20 Å². The summed E-state index contributed by atoms with van der Waals surface area (Å²) in [4.78, 5) is 2.97. The molecule has 10 atom stereocenters. The Kier molecular flexibility index (Phi) is 8.03. The van der Waals surface area contributed by atoms with E-state index in [9.17, 15) is 35.7 Å². The highest BCUT2D eigenvalue weighted by molar-refractivity contribution is 9.10. The fourth-order valence-corrected chi connectivity index (χ4v) is 4.59. The predicted molar refractivity (Wildman–Crippen MR) is 118 cm³/mol. The first-order valence-electron chi connectivity index (χ1n) is 10.4. The molecule has 190 valence electrons. The van der Waals surface area contributed by atoms with Crippen molar-refractivity contribution in [3.05, 3.63) is 27.8 Å². The highest BCUT2D eigenvalue weighted by Gasteiger charge is 2.51. The molecule has 4 rings (SSSR count). The van der Waals surface area contributed by atoms with E-state index >= 15 is 0 Å². The summed E-state index contributed by atoms with van der Waals surface area (Å²) in [6.07, 6.45) is -13.9. The lowest BCUT2D eigenvalue weighted by Gasteiger charge is -2.45. The van der Waals surface area contributed by atoms with Crippen LogP contribution in [0.2, 0.25) is 5.02 Å². The number of nitrogens with one attached hydrogen (secondary N) is 1. The van der Waals surface area contributed by atoms with E-state index in [1.54, 1.807) is 12.1 Å². The highest BCUT2D eigenvalue weighted by Crippen LogP contribution is 2.38. The molecule has 14 heteroatoms. The molecule has 2 aliphatic rings. The van der Waals surface area contributed by atoms with Gasteiger partial charge in [-0.25, -0.2) is 0 Å². The first-order chi connectivity index (χ1) is 16.2. The van der Waals surface area contributed by atoms with Crippen LogP contribution in [0.5, 0.6) is 5.75 Å². The van der Waals surface area contributed by atoms with Crippen molar-refractivity contribution in [2.24, 2.45) is 0 Å². The zero-order valence-corrected chi connectivity index (χ0v) is 19.8. The van der Waals surface area contributed by atoms with Gasteiger partial charge in [-0.1, -0.05) is 11.6 Å². The van der Waals surface area contributed by atoms with Gasteiger partial charge in [0.15, 0.2) is 6.29 Å². The number of aliphatic hydroxyl groups is 7. The zero-order valence-electron chi connectivity index (χ0n) is 17.4. The molecule has 2 fully saturated rings. The Labute approximate surface area is 206 Å². The Balaban J connectivity index is 1.52. The second kappa shape index (κ2) is 10.5. The maximum atomic E-state index is 10.7. The number of aliphatic hydroxyl groups excluding tert-OH is 7. The Bertz CT molecular complexity index is 991. The third-order valence-electron chi connectivity index (χ3n) is 5.90. The van der Waals surface area contributed by atoms with Crippen molar-refractivity contribution in [2.45, 2.75) is 61.4 Å². The lowest BCUT2D eigenvalue weighted by molar-refractivity contribution is -0.352. The summed E-state index contributed by atoms with van der Waals surface area (Å²) in [6, 6.07) is 3.50. The van der Waals surface area contributed by atoms with Crippen molar-refractivity contribution in [1.29, 1.82) is 0 Å². The molecule has 0 aliphatic carbocycles. The summed E-state index contributed by atoms with van der Waals surface area (Å²) in [5, 5.41) is 71.5. The van der Waals surface area contributed by atoms with Crippen LogP contribution in [0.3, 0.4) is 0 Å². The smallest absolute Gasteiger partial charge is 0.229 e. The first-order valence-corrected chi connectivity index (χ1v) is 11.5. The lowest BCUT2D eigenvalue weighted by Crippen LogP contribution is -2.65. The average molecular weight is 571 g/mol. The molecule has 0 amide bonds. The van der Waals surface area contributed by atoms with E-state index in [-0.39, 0.29) is 5.75 Å². The van der Waals surface area contributed by atoms with Crippen molar-refractivity contribution in [1.82, 2.24) is 4.98 Å². The number of benzene rings is 1. The van der Waals surface area contributed by atoms with Crippen molar-refractivity contribution in [3.63, 3.8) is 0 Å². The van der Waals surface area contributed by atoms with Crippen LogP contribution in [-0.2, 0) is 14.2 Å². The van der Waals surface area contributed by atoms with Crippen LogP contribution >= 0.6 is 27.5 Å². The molecule has 0 radical (unpaired) electrons. The van der Waals surface area contributed by atoms with E-state index in [0.717, 1.165) is 0 Å². The predicted octanol–water partition coefficient (Wildman–Crippen LogP) is -1.41. The van der Waals surface area contributed by atoms with Gasteiger partial charge in [0.1, 0.15) is 54.6 Å². The topological polar surface area (TPSA) is 194 Å². The molecule has 1 aromatic heterocycles. The maximum absolute atomic E-state index is 10.7. The number of ether oxygens (including phenoxy) is 4. The number of H-pyrrole nitrogens is 1. The summed E-state index contributed by atoms with van der Waals surface area (Å²) < 4.78 is 22.8. The summed E-state index contributed by atoms with van der Waals surface area (Å²) in [5.74, 6) is 0.225. The largest absolute Gasteiger partial charge is 0.460 e. The van der Waals surface area contributed by atoms with Crippen LogP contribution in [0.4, 0.5) is 0 Å². The Morgan fingerprint density at radius 1 is 0.882 bits per heavy atom. The molecule has 0 saturated carbocycles. The zero-order chi connectivity index (χ0) is 24.7. The van der Waals surface area contributed by atoms with Crippen molar-refractivity contribution >= 4 is 38.4 Å². The van der Waals surface area contributed by atoms with Crippen LogP contribution in [0.25, 0.3) is 10.9 Å². The number of aromatic amines is 1. The van der Waals surface area contributed by atoms with Gasteiger partial charge in [-0.15, -0.1) is 0 Å². The minimum absolute atomic E-state index is 0.225. The first kappa shape index (κ1) is 26.0. The molecule has 8 N–H and O–H groups in total. The molecule has 0 unspecified atom stereocenters. The quantitative estimate of drug-likeness (QED) is 0.203. The van der Waals surface area contributed by atoms with Gasteiger partial charge in [0.05, 0.1) is 29.1 Å². The summed E-state index contributed by atoms with van der Waals surface area (Å²) in [5.41, 5.74) is 0.650.